The van der Waals surface area contributed by atoms with Crippen molar-refractivity contribution in [2.24, 2.45) is 0 Å². The predicted octanol–water partition coefficient (Wildman–Crippen LogP) is 6.13. The second kappa shape index (κ2) is 6.80. The Hall–Kier alpha value is -2.06. The molecule has 1 nitrogen and oxygen atoms in total. The molecular formula is C20H20OS. The number of hydrogen-bond donors (Lipinski definition) is 1. The van der Waals surface area contributed by atoms with Gasteiger partial charge in [0.1, 0.15) is 5.75 Å². The number of aryl methyl sites for hydroxylation is 1. The van der Waals surface area contributed by atoms with Gasteiger partial charge in [0.15, 0.2) is 0 Å². The molecule has 0 amide bonds. The lowest BCUT2D eigenvalue weighted by Crippen LogP contribution is -1.83. The lowest BCUT2D eigenvalue weighted by molar-refractivity contribution is 0.475. The molecule has 112 valence electrons. The molecule has 0 aliphatic heterocycles. The van der Waals surface area contributed by atoms with Gasteiger partial charge in [0, 0.05) is 9.75 Å². The maximum atomic E-state index is 9.46. The maximum absolute atomic E-state index is 9.46. The molecule has 0 bridgehead atoms. The van der Waals surface area contributed by atoms with Crippen LogP contribution in [0.3, 0.4) is 0 Å². The summed E-state index contributed by atoms with van der Waals surface area (Å²) in [6.07, 6.45) is 3.56. The molecule has 22 heavy (non-hydrogen) atoms. The molecule has 3 rings (SSSR count). The minimum atomic E-state index is 0.315. The molecule has 1 aromatic heterocycles. The van der Waals surface area contributed by atoms with E-state index in [9.17, 15) is 5.11 Å². The van der Waals surface area contributed by atoms with Crippen LogP contribution in [0.15, 0.2) is 60.7 Å². The fraction of sp³-hybridized carbons (Fsp3) is 0.200. The van der Waals surface area contributed by atoms with Crippen molar-refractivity contribution in [1.82, 2.24) is 0 Å². The van der Waals surface area contributed by atoms with Crippen molar-refractivity contribution in [3.8, 4) is 27.3 Å². The molecule has 0 saturated heterocycles. The monoisotopic (exact) mass is 308 g/mol. The summed E-state index contributed by atoms with van der Waals surface area (Å²) in [4.78, 5) is 2.72. The number of rotatable bonds is 5. The summed E-state index contributed by atoms with van der Waals surface area (Å²) in [6, 6.07) is 20.4. The molecule has 0 unspecified atom stereocenters. The number of aromatic hydroxyl groups is 1. The third-order valence-corrected chi connectivity index (χ3v) is 5.05. The SMILES string of the molecule is CCCCc1sc(-c2ccc(O)cc2)cc1-c1ccccc1. The normalized spacial score (nSPS) is 10.8. The van der Waals surface area contributed by atoms with Crippen molar-refractivity contribution >= 4 is 11.3 Å². The smallest absolute Gasteiger partial charge is 0.115 e. The molecule has 3 aromatic rings. The van der Waals surface area contributed by atoms with Crippen LogP contribution in [0.4, 0.5) is 0 Å². The highest BCUT2D eigenvalue weighted by molar-refractivity contribution is 7.16. The first kappa shape index (κ1) is 14.9. The topological polar surface area (TPSA) is 20.2 Å². The average Bonchev–Trinajstić information content (AvgIpc) is 2.98. The predicted molar refractivity (Wildman–Crippen MR) is 95.5 cm³/mol. The molecule has 1 N–H and O–H groups in total. The highest BCUT2D eigenvalue weighted by Gasteiger charge is 2.12. The van der Waals surface area contributed by atoms with E-state index >= 15 is 0 Å². The second-order valence-corrected chi connectivity index (χ2v) is 6.60. The summed E-state index contributed by atoms with van der Waals surface area (Å²) >= 11 is 1.87. The van der Waals surface area contributed by atoms with Crippen LogP contribution in [-0.4, -0.2) is 5.11 Å². The first-order valence-electron chi connectivity index (χ1n) is 7.75. The van der Waals surface area contributed by atoms with E-state index in [1.54, 1.807) is 12.1 Å². The summed E-state index contributed by atoms with van der Waals surface area (Å²) in [5, 5.41) is 9.46. The minimum absolute atomic E-state index is 0.315. The van der Waals surface area contributed by atoms with Gasteiger partial charge in [0.25, 0.3) is 0 Å². The third-order valence-electron chi connectivity index (χ3n) is 3.80. The zero-order valence-corrected chi connectivity index (χ0v) is 13.6. The van der Waals surface area contributed by atoms with Gasteiger partial charge in [-0.1, -0.05) is 43.7 Å². The number of thiophene rings is 1. The zero-order valence-electron chi connectivity index (χ0n) is 12.8. The Balaban J connectivity index is 2.02. The largest absolute Gasteiger partial charge is 0.508 e. The van der Waals surface area contributed by atoms with Gasteiger partial charge < -0.3 is 5.11 Å². The standard InChI is InChI=1S/C20H20OS/c1-2-3-9-19-18(15-7-5-4-6-8-15)14-20(22-19)16-10-12-17(21)13-11-16/h4-8,10-14,21H,2-3,9H2,1H3. The molecule has 0 spiro atoms. The maximum Gasteiger partial charge on any atom is 0.115 e. The number of phenolic OH excluding ortho intramolecular Hbond substituents is 1. The highest BCUT2D eigenvalue weighted by Crippen LogP contribution is 2.38. The number of phenols is 1. The number of benzene rings is 2. The van der Waals surface area contributed by atoms with Crippen molar-refractivity contribution < 1.29 is 5.11 Å². The van der Waals surface area contributed by atoms with E-state index in [1.165, 1.54) is 39.3 Å². The first-order chi connectivity index (χ1) is 10.8. The van der Waals surface area contributed by atoms with Crippen molar-refractivity contribution in [2.45, 2.75) is 26.2 Å². The molecule has 0 fully saturated rings. The van der Waals surface area contributed by atoms with E-state index in [-0.39, 0.29) is 0 Å². The zero-order chi connectivity index (χ0) is 15.4. The van der Waals surface area contributed by atoms with Crippen molar-refractivity contribution in [1.29, 1.82) is 0 Å². The van der Waals surface area contributed by atoms with E-state index < -0.39 is 0 Å². The summed E-state index contributed by atoms with van der Waals surface area (Å²) in [6.45, 7) is 2.23. The van der Waals surface area contributed by atoms with Crippen LogP contribution in [0.25, 0.3) is 21.6 Å². The van der Waals surface area contributed by atoms with Gasteiger partial charge in [0.05, 0.1) is 0 Å². The second-order valence-electron chi connectivity index (χ2n) is 5.46. The van der Waals surface area contributed by atoms with Crippen LogP contribution >= 0.6 is 11.3 Å². The fourth-order valence-electron chi connectivity index (χ4n) is 2.58. The van der Waals surface area contributed by atoms with Crippen molar-refractivity contribution in [3.63, 3.8) is 0 Å². The van der Waals surface area contributed by atoms with Crippen LogP contribution < -0.4 is 0 Å². The Morgan fingerprint density at radius 3 is 2.32 bits per heavy atom. The summed E-state index contributed by atoms with van der Waals surface area (Å²) in [7, 11) is 0. The van der Waals surface area contributed by atoms with Gasteiger partial charge >= 0.3 is 0 Å². The van der Waals surface area contributed by atoms with Gasteiger partial charge in [-0.3, -0.25) is 0 Å². The van der Waals surface area contributed by atoms with Crippen molar-refractivity contribution in [3.05, 3.63) is 65.5 Å². The minimum Gasteiger partial charge on any atom is -0.508 e. The molecule has 2 heteroatoms. The Labute approximate surface area is 135 Å². The number of unbranched alkanes of at least 4 members (excludes halogenated alkanes) is 1. The van der Waals surface area contributed by atoms with Gasteiger partial charge in [-0.05, 0) is 59.9 Å². The average molecular weight is 308 g/mol. The van der Waals surface area contributed by atoms with Crippen LogP contribution in [0.5, 0.6) is 5.75 Å². The van der Waals surface area contributed by atoms with E-state index in [0.717, 1.165) is 6.42 Å². The van der Waals surface area contributed by atoms with Crippen LogP contribution in [0, 0.1) is 0 Å². The fourth-order valence-corrected chi connectivity index (χ4v) is 3.81. The lowest BCUT2D eigenvalue weighted by atomic mass is 10.0. The third kappa shape index (κ3) is 3.23. The molecular weight excluding hydrogens is 288 g/mol. The lowest BCUT2D eigenvalue weighted by Gasteiger charge is -2.02. The van der Waals surface area contributed by atoms with Crippen molar-refractivity contribution in [2.75, 3.05) is 0 Å². The molecule has 0 aliphatic rings. The van der Waals surface area contributed by atoms with Gasteiger partial charge in [-0.25, -0.2) is 0 Å². The Morgan fingerprint density at radius 1 is 0.909 bits per heavy atom. The summed E-state index contributed by atoms with van der Waals surface area (Å²) < 4.78 is 0. The number of hydrogen-bond acceptors (Lipinski definition) is 2. The molecule has 1 heterocycles. The summed E-state index contributed by atoms with van der Waals surface area (Å²) in [5.41, 5.74) is 3.81. The van der Waals surface area contributed by atoms with E-state index in [2.05, 4.69) is 43.3 Å². The van der Waals surface area contributed by atoms with E-state index in [1.807, 2.05) is 23.5 Å². The van der Waals surface area contributed by atoms with Crippen LogP contribution in [-0.2, 0) is 6.42 Å². The molecule has 0 saturated carbocycles. The first-order valence-corrected chi connectivity index (χ1v) is 8.57. The van der Waals surface area contributed by atoms with E-state index in [0.29, 0.717) is 5.75 Å². The molecule has 0 aliphatic carbocycles. The Kier molecular flexibility index (Phi) is 4.59. The van der Waals surface area contributed by atoms with Crippen LogP contribution in [0.2, 0.25) is 0 Å². The Morgan fingerprint density at radius 2 is 1.64 bits per heavy atom. The molecule has 0 atom stereocenters. The highest BCUT2D eigenvalue weighted by atomic mass is 32.1. The molecule has 0 radical (unpaired) electrons. The van der Waals surface area contributed by atoms with Gasteiger partial charge in [0.2, 0.25) is 0 Å². The summed E-state index contributed by atoms with van der Waals surface area (Å²) in [5.74, 6) is 0.315. The Bertz CT molecular complexity index is 726. The quantitative estimate of drug-likeness (QED) is 0.601. The molecule has 2 aromatic carbocycles. The van der Waals surface area contributed by atoms with Gasteiger partial charge in [-0.15, -0.1) is 11.3 Å². The van der Waals surface area contributed by atoms with Gasteiger partial charge in [-0.2, -0.15) is 0 Å². The van der Waals surface area contributed by atoms with E-state index in [4.69, 9.17) is 0 Å². The van der Waals surface area contributed by atoms with Crippen LogP contribution in [0.1, 0.15) is 24.6 Å².